The molecule has 0 radical (unpaired) electrons. The number of aryl methyl sites for hydroxylation is 1. The fraction of sp³-hybridized carbons (Fsp3) is 0.632. The normalized spacial score (nSPS) is 19.7. The van der Waals surface area contributed by atoms with Crippen LogP contribution in [0, 0.1) is 0 Å². The molecule has 1 saturated heterocycles. The molecular weight excluding hydrogens is 352 g/mol. The number of hydrogen-bond acceptors (Lipinski definition) is 4. The second-order valence-corrected chi connectivity index (χ2v) is 9.30. The van der Waals surface area contributed by atoms with Crippen LogP contribution in [0.15, 0.2) is 24.3 Å². The summed E-state index contributed by atoms with van der Waals surface area (Å²) in [5.74, 6) is 0.881. The number of rotatable bonds is 6. The third kappa shape index (κ3) is 4.38. The van der Waals surface area contributed by atoms with E-state index in [2.05, 4.69) is 0 Å². The van der Waals surface area contributed by atoms with Crippen molar-refractivity contribution < 1.29 is 17.9 Å². The lowest BCUT2D eigenvalue weighted by Gasteiger charge is -2.35. The lowest BCUT2D eigenvalue weighted by molar-refractivity contribution is -0.132. The molecule has 1 saturated carbocycles. The van der Waals surface area contributed by atoms with Gasteiger partial charge in [-0.05, 0) is 37.0 Å². The van der Waals surface area contributed by atoms with Crippen LogP contribution >= 0.6 is 0 Å². The molecule has 144 valence electrons. The van der Waals surface area contributed by atoms with Gasteiger partial charge >= 0.3 is 0 Å². The molecule has 0 N–H and O–H groups in total. The van der Waals surface area contributed by atoms with Gasteiger partial charge in [0, 0.05) is 32.6 Å². The minimum Gasteiger partial charge on any atom is -0.497 e. The zero-order valence-electron chi connectivity index (χ0n) is 15.4. The topological polar surface area (TPSA) is 66.9 Å². The molecule has 7 heteroatoms. The number of methoxy groups -OCH3 is 1. The minimum atomic E-state index is -3.19. The molecule has 1 aromatic carbocycles. The maximum absolute atomic E-state index is 12.6. The van der Waals surface area contributed by atoms with Gasteiger partial charge in [0.25, 0.3) is 0 Å². The molecule has 2 fully saturated rings. The number of nitrogens with zero attached hydrogens (tertiary/aromatic N) is 2. The van der Waals surface area contributed by atoms with Crippen LogP contribution in [-0.2, 0) is 21.2 Å². The van der Waals surface area contributed by atoms with Crippen molar-refractivity contribution in [2.24, 2.45) is 0 Å². The minimum absolute atomic E-state index is 0.0886. The number of hydrogen-bond donors (Lipinski definition) is 0. The standard InChI is InChI=1S/C19H28N2O4S/c1-25-17-6-4-5-16(15-17)9-10-19(22)20-11-13-21(14-12-20)26(23,24)18-7-2-3-8-18/h4-6,15,18H,2-3,7-14H2,1H3. The zero-order valence-corrected chi connectivity index (χ0v) is 16.2. The molecule has 0 atom stereocenters. The van der Waals surface area contributed by atoms with Crippen molar-refractivity contribution in [2.45, 2.75) is 43.8 Å². The molecule has 1 amide bonds. The van der Waals surface area contributed by atoms with E-state index in [4.69, 9.17) is 4.74 Å². The van der Waals surface area contributed by atoms with E-state index in [0.29, 0.717) is 39.0 Å². The number of amides is 1. The molecule has 2 aliphatic rings. The number of carbonyl (C=O) groups excluding carboxylic acids is 1. The summed E-state index contributed by atoms with van der Waals surface area (Å²) >= 11 is 0. The van der Waals surface area contributed by atoms with Gasteiger partial charge < -0.3 is 9.64 Å². The van der Waals surface area contributed by atoms with E-state index in [1.165, 1.54) is 0 Å². The molecule has 26 heavy (non-hydrogen) atoms. The monoisotopic (exact) mass is 380 g/mol. The Bertz CT molecular complexity index is 721. The molecule has 1 heterocycles. The first kappa shape index (κ1) is 19.2. The predicted molar refractivity (Wildman–Crippen MR) is 101 cm³/mol. The van der Waals surface area contributed by atoms with Crippen molar-refractivity contribution in [3.8, 4) is 5.75 Å². The van der Waals surface area contributed by atoms with Crippen molar-refractivity contribution in [1.82, 2.24) is 9.21 Å². The van der Waals surface area contributed by atoms with E-state index in [9.17, 15) is 13.2 Å². The average Bonchev–Trinajstić information content (AvgIpc) is 3.22. The van der Waals surface area contributed by atoms with E-state index < -0.39 is 10.0 Å². The average molecular weight is 381 g/mol. The second-order valence-electron chi connectivity index (χ2n) is 7.08. The van der Waals surface area contributed by atoms with Crippen LogP contribution in [0.4, 0.5) is 0 Å². The first-order valence-electron chi connectivity index (χ1n) is 9.40. The highest BCUT2D eigenvalue weighted by Crippen LogP contribution is 2.27. The molecular formula is C19H28N2O4S. The Labute approximate surface area is 156 Å². The van der Waals surface area contributed by atoms with Crippen molar-refractivity contribution in [1.29, 1.82) is 0 Å². The Morgan fingerprint density at radius 2 is 1.85 bits per heavy atom. The Balaban J connectivity index is 1.49. The maximum atomic E-state index is 12.6. The highest BCUT2D eigenvalue weighted by atomic mass is 32.2. The molecule has 1 aromatic rings. The van der Waals surface area contributed by atoms with Gasteiger partial charge in [-0.15, -0.1) is 0 Å². The van der Waals surface area contributed by atoms with Crippen molar-refractivity contribution in [3.63, 3.8) is 0 Å². The highest BCUT2D eigenvalue weighted by Gasteiger charge is 2.36. The summed E-state index contributed by atoms with van der Waals surface area (Å²) < 4.78 is 32.1. The quantitative estimate of drug-likeness (QED) is 0.757. The van der Waals surface area contributed by atoms with E-state index in [1.54, 1.807) is 16.3 Å². The van der Waals surface area contributed by atoms with Crippen LogP contribution < -0.4 is 4.74 Å². The van der Waals surface area contributed by atoms with Gasteiger partial charge in [0.2, 0.25) is 15.9 Å². The van der Waals surface area contributed by atoms with Gasteiger partial charge in [-0.25, -0.2) is 8.42 Å². The molecule has 3 rings (SSSR count). The van der Waals surface area contributed by atoms with Gasteiger partial charge in [0.15, 0.2) is 0 Å². The zero-order chi connectivity index (χ0) is 18.6. The molecule has 0 bridgehead atoms. The Kier molecular flexibility index (Phi) is 6.19. The largest absolute Gasteiger partial charge is 0.497 e. The third-order valence-electron chi connectivity index (χ3n) is 5.44. The molecule has 1 aliphatic carbocycles. The molecule has 1 aliphatic heterocycles. The van der Waals surface area contributed by atoms with Gasteiger partial charge in [-0.1, -0.05) is 25.0 Å². The first-order valence-corrected chi connectivity index (χ1v) is 10.9. The van der Waals surface area contributed by atoms with E-state index in [-0.39, 0.29) is 11.2 Å². The van der Waals surface area contributed by atoms with Gasteiger partial charge in [0.05, 0.1) is 12.4 Å². The predicted octanol–water partition coefficient (Wildman–Crippen LogP) is 2.04. The SMILES string of the molecule is COc1cccc(CCC(=O)N2CCN(S(=O)(=O)C3CCCC3)CC2)c1. The lowest BCUT2D eigenvalue weighted by atomic mass is 10.1. The van der Waals surface area contributed by atoms with Crippen LogP contribution in [0.1, 0.15) is 37.7 Å². The van der Waals surface area contributed by atoms with Crippen LogP contribution in [-0.4, -0.2) is 62.1 Å². The summed E-state index contributed by atoms with van der Waals surface area (Å²) in [5, 5.41) is -0.210. The van der Waals surface area contributed by atoms with Crippen LogP contribution in [0.2, 0.25) is 0 Å². The summed E-state index contributed by atoms with van der Waals surface area (Å²) in [6.45, 7) is 1.82. The van der Waals surface area contributed by atoms with Crippen LogP contribution in [0.25, 0.3) is 0 Å². The number of benzene rings is 1. The van der Waals surface area contributed by atoms with Gasteiger partial charge in [0.1, 0.15) is 5.75 Å². The van der Waals surface area contributed by atoms with Crippen molar-refractivity contribution in [3.05, 3.63) is 29.8 Å². The van der Waals surface area contributed by atoms with Crippen molar-refractivity contribution in [2.75, 3.05) is 33.3 Å². The van der Waals surface area contributed by atoms with Crippen molar-refractivity contribution >= 4 is 15.9 Å². The molecule has 0 spiro atoms. The highest BCUT2D eigenvalue weighted by molar-refractivity contribution is 7.89. The molecule has 6 nitrogen and oxygen atoms in total. The second kappa shape index (κ2) is 8.39. The summed E-state index contributed by atoms with van der Waals surface area (Å²) in [5.41, 5.74) is 1.07. The maximum Gasteiger partial charge on any atom is 0.222 e. The van der Waals surface area contributed by atoms with Gasteiger partial charge in [-0.2, -0.15) is 4.31 Å². The number of piperazine rings is 1. The van der Waals surface area contributed by atoms with E-state index >= 15 is 0 Å². The first-order chi connectivity index (χ1) is 12.5. The Morgan fingerprint density at radius 3 is 2.50 bits per heavy atom. The number of ether oxygens (including phenoxy) is 1. The molecule has 0 unspecified atom stereocenters. The fourth-order valence-electron chi connectivity index (χ4n) is 3.83. The smallest absolute Gasteiger partial charge is 0.222 e. The summed E-state index contributed by atoms with van der Waals surface area (Å²) in [4.78, 5) is 14.3. The number of carbonyl (C=O) groups is 1. The third-order valence-corrected chi connectivity index (χ3v) is 7.84. The van der Waals surface area contributed by atoms with Gasteiger partial charge in [-0.3, -0.25) is 4.79 Å². The summed E-state index contributed by atoms with van der Waals surface area (Å²) in [6.07, 6.45) is 4.67. The molecule has 0 aromatic heterocycles. The number of sulfonamides is 1. The van der Waals surface area contributed by atoms with Crippen LogP contribution in [0.3, 0.4) is 0 Å². The van der Waals surface area contributed by atoms with E-state index in [0.717, 1.165) is 37.0 Å². The lowest BCUT2D eigenvalue weighted by Crippen LogP contribution is -2.52. The Hall–Kier alpha value is -1.60. The summed E-state index contributed by atoms with van der Waals surface area (Å²) in [6, 6.07) is 7.74. The summed E-state index contributed by atoms with van der Waals surface area (Å²) in [7, 11) is -1.56. The Morgan fingerprint density at radius 1 is 1.15 bits per heavy atom. The fourth-order valence-corrected chi connectivity index (χ4v) is 5.85. The van der Waals surface area contributed by atoms with E-state index in [1.807, 2.05) is 24.3 Å². The van der Waals surface area contributed by atoms with Crippen LogP contribution in [0.5, 0.6) is 5.75 Å².